The lowest BCUT2D eigenvalue weighted by Crippen LogP contribution is -2.09. The fourth-order valence-corrected chi connectivity index (χ4v) is 7.45. The van der Waals surface area contributed by atoms with E-state index < -0.39 is 0 Å². The second-order valence-corrected chi connectivity index (χ2v) is 13.8. The third-order valence-electron chi connectivity index (χ3n) is 10.3. The summed E-state index contributed by atoms with van der Waals surface area (Å²) in [5.74, 6) is 0. The molecule has 10 rings (SSSR count). The van der Waals surface area contributed by atoms with Crippen molar-refractivity contribution < 1.29 is 0 Å². The fraction of sp³-hybridized carbons (Fsp3) is 0. The third kappa shape index (κ3) is 6.26. The second kappa shape index (κ2) is 13.8. The highest BCUT2D eigenvalue weighted by Crippen LogP contribution is 2.38. The van der Waals surface area contributed by atoms with Crippen molar-refractivity contribution in [2.24, 2.45) is 0 Å². The van der Waals surface area contributed by atoms with Crippen LogP contribution in [-0.4, -0.2) is 15.0 Å². The van der Waals surface area contributed by atoms with Crippen LogP contribution in [0.3, 0.4) is 0 Å². The van der Waals surface area contributed by atoms with Crippen LogP contribution in [0.4, 0.5) is 17.1 Å². The molecular weight excluding hydrogens is 669 g/mol. The first-order chi connectivity index (χ1) is 27.2. The number of fused-ring (bicyclic) bond motifs is 3. The Morgan fingerprint density at radius 2 is 0.855 bits per heavy atom. The number of benzene rings is 7. The number of nitrogens with zero attached hydrogens (tertiary/aromatic N) is 4. The molecule has 0 atom stereocenters. The van der Waals surface area contributed by atoms with Gasteiger partial charge in [-0.3, -0.25) is 9.97 Å². The summed E-state index contributed by atoms with van der Waals surface area (Å²) < 4.78 is 0. The number of hydrogen-bond donors (Lipinski definition) is 0. The van der Waals surface area contributed by atoms with Gasteiger partial charge >= 0.3 is 0 Å². The first-order valence-corrected chi connectivity index (χ1v) is 18.5. The molecule has 0 spiro atoms. The summed E-state index contributed by atoms with van der Waals surface area (Å²) in [6.07, 6.45) is 3.78. The Morgan fingerprint density at radius 3 is 1.55 bits per heavy atom. The van der Waals surface area contributed by atoms with Crippen molar-refractivity contribution in [1.29, 1.82) is 0 Å². The Labute approximate surface area is 319 Å². The van der Waals surface area contributed by atoms with Crippen LogP contribution in [0.1, 0.15) is 0 Å². The third-order valence-corrected chi connectivity index (χ3v) is 10.3. The van der Waals surface area contributed by atoms with Gasteiger partial charge in [0.2, 0.25) is 0 Å². The molecule has 0 aliphatic heterocycles. The maximum Gasteiger partial charge on any atom is 0.0972 e. The van der Waals surface area contributed by atoms with E-state index in [4.69, 9.17) is 15.0 Å². The molecule has 0 radical (unpaired) electrons. The van der Waals surface area contributed by atoms with Crippen molar-refractivity contribution in [3.8, 4) is 44.9 Å². The average Bonchev–Trinajstić information content (AvgIpc) is 3.27. The van der Waals surface area contributed by atoms with Crippen LogP contribution in [0.2, 0.25) is 0 Å². The Bertz CT molecular complexity index is 2830. The van der Waals surface area contributed by atoms with Gasteiger partial charge in [-0.15, -0.1) is 0 Å². The average molecular weight is 703 g/mol. The molecule has 0 bridgehead atoms. The van der Waals surface area contributed by atoms with Crippen molar-refractivity contribution in [2.75, 3.05) is 4.90 Å². The fourth-order valence-electron chi connectivity index (χ4n) is 7.45. The van der Waals surface area contributed by atoms with Crippen LogP contribution in [0.25, 0.3) is 77.3 Å². The van der Waals surface area contributed by atoms with Crippen molar-refractivity contribution in [3.63, 3.8) is 0 Å². The van der Waals surface area contributed by atoms with Crippen LogP contribution in [0.5, 0.6) is 0 Å². The predicted molar refractivity (Wildman–Crippen MR) is 229 cm³/mol. The van der Waals surface area contributed by atoms with E-state index >= 15 is 0 Å². The van der Waals surface area contributed by atoms with Crippen LogP contribution in [0.15, 0.2) is 207 Å². The molecule has 0 amide bonds. The summed E-state index contributed by atoms with van der Waals surface area (Å²) >= 11 is 0. The van der Waals surface area contributed by atoms with Gasteiger partial charge in [0.05, 0.1) is 22.6 Å². The molecule has 0 unspecified atom stereocenters. The van der Waals surface area contributed by atoms with Gasteiger partial charge in [0, 0.05) is 56.9 Å². The molecule has 4 nitrogen and oxygen atoms in total. The van der Waals surface area contributed by atoms with E-state index in [1.165, 1.54) is 27.3 Å². The minimum atomic E-state index is 0.881. The van der Waals surface area contributed by atoms with Gasteiger partial charge in [-0.1, -0.05) is 133 Å². The van der Waals surface area contributed by atoms with Gasteiger partial charge in [-0.25, -0.2) is 4.98 Å². The molecule has 55 heavy (non-hydrogen) atoms. The summed E-state index contributed by atoms with van der Waals surface area (Å²) in [5.41, 5.74) is 12.3. The van der Waals surface area contributed by atoms with Gasteiger partial charge in [-0.2, -0.15) is 0 Å². The molecule has 7 aromatic carbocycles. The molecular formula is C51H34N4. The van der Waals surface area contributed by atoms with Crippen molar-refractivity contribution in [3.05, 3.63) is 207 Å². The maximum atomic E-state index is 5.17. The topological polar surface area (TPSA) is 41.9 Å². The Hall–Kier alpha value is -7.43. The number of pyridine rings is 3. The molecule has 4 heteroatoms. The minimum absolute atomic E-state index is 0.881. The van der Waals surface area contributed by atoms with E-state index in [0.29, 0.717) is 0 Å². The summed E-state index contributed by atoms with van der Waals surface area (Å²) in [7, 11) is 0. The Kier molecular flexibility index (Phi) is 8.12. The normalized spacial score (nSPS) is 11.3. The van der Waals surface area contributed by atoms with Crippen molar-refractivity contribution in [2.45, 2.75) is 0 Å². The van der Waals surface area contributed by atoms with E-state index in [1.807, 2.05) is 42.7 Å². The van der Waals surface area contributed by atoms with Crippen LogP contribution >= 0.6 is 0 Å². The highest BCUT2D eigenvalue weighted by atomic mass is 15.1. The highest BCUT2D eigenvalue weighted by Gasteiger charge is 2.16. The monoisotopic (exact) mass is 702 g/mol. The van der Waals surface area contributed by atoms with Crippen molar-refractivity contribution >= 4 is 49.5 Å². The first kappa shape index (κ1) is 32.2. The SMILES string of the molecule is c1ccc(-c2nc(-c3ccc(N(c4ccc(-c5ccc6ccccc6c5)cc4)c4ccc(-c5cc6ccccc6cn5)cc4)cc3)cc3cccnc23)cc1. The predicted octanol–water partition coefficient (Wildman–Crippen LogP) is 13.5. The maximum absolute atomic E-state index is 5.17. The van der Waals surface area contributed by atoms with E-state index in [1.54, 1.807) is 0 Å². The molecule has 0 aliphatic rings. The van der Waals surface area contributed by atoms with Crippen molar-refractivity contribution in [1.82, 2.24) is 15.0 Å². The Balaban J connectivity index is 1.03. The van der Waals surface area contributed by atoms with E-state index in [9.17, 15) is 0 Å². The first-order valence-electron chi connectivity index (χ1n) is 18.5. The lowest BCUT2D eigenvalue weighted by molar-refractivity contribution is 1.27. The van der Waals surface area contributed by atoms with Gasteiger partial charge in [-0.05, 0) is 87.9 Å². The van der Waals surface area contributed by atoms with E-state index in [-0.39, 0.29) is 0 Å². The lowest BCUT2D eigenvalue weighted by atomic mass is 10.0. The summed E-state index contributed by atoms with van der Waals surface area (Å²) in [4.78, 5) is 17.0. The lowest BCUT2D eigenvalue weighted by Gasteiger charge is -2.26. The van der Waals surface area contributed by atoms with Gasteiger partial charge in [0.15, 0.2) is 0 Å². The molecule has 0 fully saturated rings. The standard InChI is InChI=1S/C51H34N4/c1-2-10-39(11-3-1)51-50-43(15-8-30-52-50)33-49(54-51)38-22-28-47(29-23-38)55(45-24-18-36(19-25-45)42-17-16-35-9-4-5-12-40(35)31-42)46-26-20-37(21-27-46)48-32-41-13-6-7-14-44(41)34-53-48/h1-34H. The minimum Gasteiger partial charge on any atom is -0.311 e. The van der Waals surface area contributed by atoms with Crippen LogP contribution in [0, 0.1) is 0 Å². The zero-order valence-electron chi connectivity index (χ0n) is 29.9. The van der Waals surface area contributed by atoms with Gasteiger partial charge in [0.25, 0.3) is 0 Å². The zero-order chi connectivity index (χ0) is 36.6. The molecule has 258 valence electrons. The largest absolute Gasteiger partial charge is 0.311 e. The van der Waals surface area contributed by atoms with Crippen LogP contribution < -0.4 is 4.90 Å². The smallest absolute Gasteiger partial charge is 0.0972 e. The summed E-state index contributed by atoms with van der Waals surface area (Å²) in [6.45, 7) is 0. The molecule has 3 aromatic heterocycles. The second-order valence-electron chi connectivity index (χ2n) is 13.8. The molecule has 0 saturated carbocycles. The number of aromatic nitrogens is 3. The molecule has 0 saturated heterocycles. The molecule has 10 aromatic rings. The molecule has 3 heterocycles. The molecule has 0 aliphatic carbocycles. The van der Waals surface area contributed by atoms with Crippen LogP contribution in [-0.2, 0) is 0 Å². The Morgan fingerprint density at radius 1 is 0.327 bits per heavy atom. The van der Waals surface area contributed by atoms with E-state index in [2.05, 4.69) is 169 Å². The molecule has 0 N–H and O–H groups in total. The van der Waals surface area contributed by atoms with Gasteiger partial charge in [0.1, 0.15) is 0 Å². The highest BCUT2D eigenvalue weighted by molar-refractivity contribution is 5.94. The number of hydrogen-bond acceptors (Lipinski definition) is 4. The zero-order valence-corrected chi connectivity index (χ0v) is 29.9. The summed E-state index contributed by atoms with van der Waals surface area (Å²) in [6, 6.07) is 68.4. The quantitative estimate of drug-likeness (QED) is 0.166. The summed E-state index contributed by atoms with van der Waals surface area (Å²) in [5, 5.41) is 5.85. The van der Waals surface area contributed by atoms with E-state index in [0.717, 1.165) is 67.1 Å². The number of anilines is 3. The number of rotatable bonds is 7. The van der Waals surface area contributed by atoms with Gasteiger partial charge < -0.3 is 4.90 Å².